The normalized spacial score (nSPS) is 10.6. The molecule has 1 nitrogen and oxygen atoms in total. The second kappa shape index (κ2) is 4.99. The van der Waals surface area contributed by atoms with Crippen LogP contribution in [0.2, 0.25) is 0 Å². The monoisotopic (exact) mass is 228 g/mol. The van der Waals surface area contributed by atoms with Crippen molar-refractivity contribution in [1.29, 1.82) is 0 Å². The van der Waals surface area contributed by atoms with Crippen molar-refractivity contribution in [3.63, 3.8) is 0 Å². The Morgan fingerprint density at radius 2 is 1.79 bits per heavy atom. The predicted molar refractivity (Wildman–Crippen MR) is 65.8 cm³/mol. The van der Waals surface area contributed by atoms with Crippen molar-refractivity contribution >= 4 is 23.5 Å². The van der Waals surface area contributed by atoms with E-state index < -0.39 is 0 Å². The van der Waals surface area contributed by atoms with Crippen molar-refractivity contribution < 1.29 is 5.11 Å². The third-order valence-electron chi connectivity index (χ3n) is 2.36. The summed E-state index contributed by atoms with van der Waals surface area (Å²) in [4.78, 5) is 2.36. The van der Waals surface area contributed by atoms with E-state index in [0.717, 1.165) is 17.5 Å². The highest BCUT2D eigenvalue weighted by Crippen LogP contribution is 2.37. The molecule has 78 valence electrons. The van der Waals surface area contributed by atoms with Crippen molar-refractivity contribution in [2.24, 2.45) is 0 Å². The summed E-state index contributed by atoms with van der Waals surface area (Å²) in [6.45, 7) is 4.05. The largest absolute Gasteiger partial charge is 0.507 e. The molecule has 0 saturated heterocycles. The van der Waals surface area contributed by atoms with Gasteiger partial charge in [-0.3, -0.25) is 0 Å². The maximum absolute atomic E-state index is 9.99. The third-order valence-corrected chi connectivity index (χ3v) is 4.03. The van der Waals surface area contributed by atoms with Gasteiger partial charge in [-0.25, -0.2) is 0 Å². The molecule has 0 spiro atoms. The van der Waals surface area contributed by atoms with E-state index in [1.165, 1.54) is 9.79 Å². The van der Waals surface area contributed by atoms with Crippen LogP contribution in [-0.4, -0.2) is 17.6 Å². The predicted octanol–water partition coefficient (Wildman–Crippen LogP) is 3.71. The standard InChI is InChI=1S/C11H16OS2/c1-5-8-10(14-4)6-9(13-3)7(2)11(8)12/h6,12H,5H2,1-4H3. The van der Waals surface area contributed by atoms with Crippen molar-refractivity contribution in [2.75, 3.05) is 12.5 Å². The summed E-state index contributed by atoms with van der Waals surface area (Å²) >= 11 is 3.38. The van der Waals surface area contributed by atoms with Gasteiger partial charge in [-0.2, -0.15) is 0 Å². The molecule has 0 aliphatic heterocycles. The first-order chi connectivity index (χ1) is 6.65. The Hall–Kier alpha value is -0.280. The van der Waals surface area contributed by atoms with Gasteiger partial charge in [0.15, 0.2) is 0 Å². The molecule has 0 atom stereocenters. The van der Waals surface area contributed by atoms with Gasteiger partial charge in [0.1, 0.15) is 5.75 Å². The van der Waals surface area contributed by atoms with Gasteiger partial charge in [-0.1, -0.05) is 6.92 Å². The van der Waals surface area contributed by atoms with E-state index in [2.05, 4.69) is 13.0 Å². The summed E-state index contributed by atoms with van der Waals surface area (Å²) in [6.07, 6.45) is 4.97. The Morgan fingerprint density at radius 1 is 1.21 bits per heavy atom. The number of aromatic hydroxyl groups is 1. The first-order valence-electron chi connectivity index (χ1n) is 4.59. The highest BCUT2D eigenvalue weighted by Gasteiger charge is 2.12. The van der Waals surface area contributed by atoms with E-state index in [9.17, 15) is 5.11 Å². The molecule has 0 aliphatic carbocycles. The number of phenolic OH excluding ortho intramolecular Hbond substituents is 1. The Morgan fingerprint density at radius 3 is 2.21 bits per heavy atom. The van der Waals surface area contributed by atoms with Gasteiger partial charge >= 0.3 is 0 Å². The van der Waals surface area contributed by atoms with Crippen LogP contribution < -0.4 is 0 Å². The van der Waals surface area contributed by atoms with Crippen molar-refractivity contribution in [2.45, 2.75) is 30.1 Å². The minimum absolute atomic E-state index is 0.476. The minimum atomic E-state index is 0.476. The molecule has 1 rings (SSSR count). The molecule has 14 heavy (non-hydrogen) atoms. The van der Waals surface area contributed by atoms with E-state index in [1.807, 2.05) is 19.4 Å². The zero-order valence-electron chi connectivity index (χ0n) is 9.05. The molecule has 1 aromatic carbocycles. The summed E-state index contributed by atoms with van der Waals surface area (Å²) in [5, 5.41) is 9.99. The number of rotatable bonds is 3. The van der Waals surface area contributed by atoms with E-state index in [0.29, 0.717) is 5.75 Å². The van der Waals surface area contributed by atoms with Crippen LogP contribution in [0.3, 0.4) is 0 Å². The summed E-state index contributed by atoms with van der Waals surface area (Å²) in [7, 11) is 0. The van der Waals surface area contributed by atoms with Crippen LogP contribution in [-0.2, 0) is 6.42 Å². The molecular weight excluding hydrogens is 212 g/mol. The minimum Gasteiger partial charge on any atom is -0.507 e. The summed E-state index contributed by atoms with van der Waals surface area (Å²) in [6, 6.07) is 2.17. The molecule has 0 aromatic heterocycles. The number of hydrogen-bond acceptors (Lipinski definition) is 3. The average molecular weight is 228 g/mol. The Labute approximate surface area is 94.3 Å². The lowest BCUT2D eigenvalue weighted by Crippen LogP contribution is -1.91. The lowest BCUT2D eigenvalue weighted by atomic mass is 10.1. The molecule has 0 bridgehead atoms. The van der Waals surface area contributed by atoms with Gasteiger partial charge in [-0.05, 0) is 31.9 Å². The van der Waals surface area contributed by atoms with Gasteiger partial charge in [0, 0.05) is 20.9 Å². The molecule has 0 saturated carbocycles. The van der Waals surface area contributed by atoms with Gasteiger partial charge in [0.25, 0.3) is 0 Å². The number of benzene rings is 1. The maximum atomic E-state index is 9.99. The average Bonchev–Trinajstić information content (AvgIpc) is 2.21. The molecular formula is C11H16OS2. The fourth-order valence-electron chi connectivity index (χ4n) is 1.51. The first-order valence-corrected chi connectivity index (χ1v) is 7.04. The van der Waals surface area contributed by atoms with E-state index >= 15 is 0 Å². The number of hydrogen-bond donors (Lipinski definition) is 1. The quantitative estimate of drug-likeness (QED) is 0.796. The van der Waals surface area contributed by atoms with Crippen molar-refractivity contribution in [1.82, 2.24) is 0 Å². The Bertz CT molecular complexity index is 335. The zero-order valence-corrected chi connectivity index (χ0v) is 10.7. The fraction of sp³-hybridized carbons (Fsp3) is 0.455. The van der Waals surface area contributed by atoms with Gasteiger partial charge < -0.3 is 5.11 Å². The van der Waals surface area contributed by atoms with Gasteiger partial charge in [0.2, 0.25) is 0 Å². The van der Waals surface area contributed by atoms with Gasteiger partial charge in [0.05, 0.1) is 0 Å². The Balaban J connectivity index is 3.38. The van der Waals surface area contributed by atoms with Crippen LogP contribution in [0, 0.1) is 6.92 Å². The fourth-order valence-corrected chi connectivity index (χ4v) is 2.95. The second-order valence-electron chi connectivity index (χ2n) is 3.09. The first kappa shape index (κ1) is 11.8. The SMILES string of the molecule is CCc1c(SC)cc(SC)c(C)c1O. The van der Waals surface area contributed by atoms with E-state index in [1.54, 1.807) is 23.5 Å². The molecule has 1 aromatic rings. The molecule has 0 heterocycles. The molecule has 0 radical (unpaired) electrons. The van der Waals surface area contributed by atoms with Crippen LogP contribution in [0.5, 0.6) is 5.75 Å². The summed E-state index contributed by atoms with van der Waals surface area (Å²) in [5.41, 5.74) is 2.08. The van der Waals surface area contributed by atoms with Gasteiger partial charge in [-0.15, -0.1) is 23.5 Å². The molecule has 0 amide bonds. The van der Waals surface area contributed by atoms with Crippen LogP contribution in [0.25, 0.3) is 0 Å². The summed E-state index contributed by atoms with van der Waals surface area (Å²) < 4.78 is 0. The van der Waals surface area contributed by atoms with Crippen LogP contribution in [0.15, 0.2) is 15.9 Å². The van der Waals surface area contributed by atoms with Crippen LogP contribution >= 0.6 is 23.5 Å². The van der Waals surface area contributed by atoms with Crippen molar-refractivity contribution in [3.05, 3.63) is 17.2 Å². The number of phenols is 1. The van der Waals surface area contributed by atoms with E-state index in [4.69, 9.17) is 0 Å². The highest BCUT2D eigenvalue weighted by molar-refractivity contribution is 7.99. The summed E-state index contributed by atoms with van der Waals surface area (Å²) in [5.74, 6) is 0.476. The molecule has 1 N–H and O–H groups in total. The smallest absolute Gasteiger partial charge is 0.123 e. The molecule has 3 heteroatoms. The van der Waals surface area contributed by atoms with Crippen LogP contribution in [0.4, 0.5) is 0 Å². The topological polar surface area (TPSA) is 20.2 Å². The lowest BCUT2D eigenvalue weighted by molar-refractivity contribution is 0.460. The Kier molecular flexibility index (Phi) is 4.20. The zero-order chi connectivity index (χ0) is 10.7. The maximum Gasteiger partial charge on any atom is 0.123 e. The number of thioether (sulfide) groups is 2. The molecule has 0 fully saturated rings. The molecule has 0 unspecified atom stereocenters. The van der Waals surface area contributed by atoms with Crippen LogP contribution in [0.1, 0.15) is 18.1 Å². The highest BCUT2D eigenvalue weighted by atomic mass is 32.2. The lowest BCUT2D eigenvalue weighted by Gasteiger charge is -2.13. The second-order valence-corrected chi connectivity index (χ2v) is 4.78. The third kappa shape index (κ3) is 2.04. The van der Waals surface area contributed by atoms with Crippen molar-refractivity contribution in [3.8, 4) is 5.75 Å². The van der Waals surface area contributed by atoms with E-state index in [-0.39, 0.29) is 0 Å². The molecule has 0 aliphatic rings.